The Balaban J connectivity index is 1.65. The van der Waals surface area contributed by atoms with Gasteiger partial charge in [-0.2, -0.15) is 0 Å². The molecule has 9 heteroatoms. The number of anilines is 2. The van der Waals surface area contributed by atoms with Crippen molar-refractivity contribution in [2.45, 2.75) is 19.3 Å². The molecule has 2 amide bonds. The van der Waals surface area contributed by atoms with Gasteiger partial charge in [0.25, 0.3) is 5.91 Å². The molecule has 2 aromatic rings. The van der Waals surface area contributed by atoms with Crippen LogP contribution in [0.4, 0.5) is 11.5 Å². The Bertz CT molecular complexity index is 866. The number of aromatic nitrogens is 1. The van der Waals surface area contributed by atoms with Crippen LogP contribution in [0.15, 0.2) is 36.5 Å². The standard InChI is InChI=1S/C18H18BN3O5/c23-10-13-8-12(4-6-15(13)19(26)27)18(25)22-16-7-5-14(9-20-16)21-17(24)11-2-1-3-11/h4-11,26-27H,1-3H2,(H,21,24)(H,20,22,25). The normalized spacial score (nSPS) is 13.4. The van der Waals surface area contributed by atoms with Crippen molar-refractivity contribution in [1.29, 1.82) is 0 Å². The Labute approximate surface area is 155 Å². The van der Waals surface area contributed by atoms with Crippen LogP contribution in [0.25, 0.3) is 0 Å². The number of nitrogens with zero attached hydrogens (tertiary/aromatic N) is 1. The number of benzene rings is 1. The van der Waals surface area contributed by atoms with E-state index in [-0.39, 0.29) is 34.2 Å². The van der Waals surface area contributed by atoms with E-state index >= 15 is 0 Å². The van der Waals surface area contributed by atoms with Gasteiger partial charge >= 0.3 is 7.12 Å². The molecule has 4 N–H and O–H groups in total. The maximum atomic E-state index is 12.3. The number of nitrogens with one attached hydrogen (secondary N) is 2. The van der Waals surface area contributed by atoms with Gasteiger partial charge in [0, 0.05) is 17.0 Å². The molecule has 0 unspecified atom stereocenters. The number of hydrogen-bond donors (Lipinski definition) is 4. The van der Waals surface area contributed by atoms with Crippen LogP contribution in [0.1, 0.15) is 40.0 Å². The number of amides is 2. The molecule has 0 aliphatic heterocycles. The zero-order chi connectivity index (χ0) is 19.4. The highest BCUT2D eigenvalue weighted by Crippen LogP contribution is 2.27. The number of hydrogen-bond acceptors (Lipinski definition) is 6. The van der Waals surface area contributed by atoms with E-state index in [0.717, 1.165) is 19.3 Å². The van der Waals surface area contributed by atoms with Crippen molar-refractivity contribution >= 4 is 42.2 Å². The van der Waals surface area contributed by atoms with Crippen molar-refractivity contribution in [1.82, 2.24) is 4.98 Å². The lowest BCUT2D eigenvalue weighted by atomic mass is 9.77. The van der Waals surface area contributed by atoms with E-state index < -0.39 is 13.0 Å². The zero-order valence-electron chi connectivity index (χ0n) is 14.4. The monoisotopic (exact) mass is 367 g/mol. The minimum absolute atomic E-state index is 0.0136. The lowest BCUT2D eigenvalue weighted by molar-refractivity contribution is -0.122. The predicted octanol–water partition coefficient (Wildman–Crippen LogP) is 0.565. The third-order valence-electron chi connectivity index (χ3n) is 4.50. The van der Waals surface area contributed by atoms with Gasteiger partial charge in [-0.25, -0.2) is 4.98 Å². The topological polar surface area (TPSA) is 129 Å². The molecule has 1 saturated carbocycles. The molecule has 8 nitrogen and oxygen atoms in total. The van der Waals surface area contributed by atoms with Crippen molar-refractivity contribution < 1.29 is 24.4 Å². The Kier molecular flexibility index (Phi) is 5.63. The molecule has 1 heterocycles. The molecular formula is C18H18BN3O5. The molecule has 1 aromatic heterocycles. The van der Waals surface area contributed by atoms with E-state index in [1.165, 1.54) is 24.4 Å². The lowest BCUT2D eigenvalue weighted by Gasteiger charge is -2.23. The number of carbonyl (C=O) groups excluding carboxylic acids is 3. The molecular weight excluding hydrogens is 349 g/mol. The third-order valence-corrected chi connectivity index (χ3v) is 4.50. The van der Waals surface area contributed by atoms with Crippen molar-refractivity contribution in [2.75, 3.05) is 10.6 Å². The Morgan fingerprint density at radius 1 is 1.15 bits per heavy atom. The van der Waals surface area contributed by atoms with E-state index in [2.05, 4.69) is 15.6 Å². The summed E-state index contributed by atoms with van der Waals surface area (Å²) in [7, 11) is -1.80. The highest BCUT2D eigenvalue weighted by Gasteiger charge is 2.25. The first kappa shape index (κ1) is 18.7. The van der Waals surface area contributed by atoms with Crippen LogP contribution in [-0.2, 0) is 4.79 Å². The molecule has 1 aliphatic carbocycles. The van der Waals surface area contributed by atoms with Crippen LogP contribution >= 0.6 is 0 Å². The number of pyridine rings is 1. The van der Waals surface area contributed by atoms with E-state index in [4.69, 9.17) is 0 Å². The van der Waals surface area contributed by atoms with Gasteiger partial charge in [-0.1, -0.05) is 12.5 Å². The molecule has 0 bridgehead atoms. The minimum Gasteiger partial charge on any atom is -0.423 e. The van der Waals surface area contributed by atoms with Gasteiger partial charge < -0.3 is 20.7 Å². The largest absolute Gasteiger partial charge is 0.489 e. The summed E-state index contributed by atoms with van der Waals surface area (Å²) in [5.74, 6) is -0.180. The van der Waals surface area contributed by atoms with E-state index in [1.54, 1.807) is 12.1 Å². The first-order valence-electron chi connectivity index (χ1n) is 8.51. The summed E-state index contributed by atoms with van der Waals surface area (Å²) in [5.41, 5.74) is 0.756. The van der Waals surface area contributed by atoms with Gasteiger partial charge in [0.15, 0.2) is 0 Å². The molecule has 0 radical (unpaired) electrons. The fourth-order valence-corrected chi connectivity index (χ4v) is 2.70. The average molecular weight is 367 g/mol. The van der Waals surface area contributed by atoms with Crippen LogP contribution in [0, 0.1) is 5.92 Å². The summed E-state index contributed by atoms with van der Waals surface area (Å²) in [6, 6.07) is 7.15. The molecule has 0 atom stereocenters. The van der Waals surface area contributed by atoms with Crippen molar-refractivity contribution in [3.63, 3.8) is 0 Å². The SMILES string of the molecule is O=Cc1cc(C(=O)Nc2ccc(NC(=O)C3CCC3)cn2)ccc1B(O)O. The summed E-state index contributed by atoms with van der Waals surface area (Å²) in [6.07, 6.45) is 4.79. The summed E-state index contributed by atoms with van der Waals surface area (Å²) >= 11 is 0. The zero-order valence-corrected chi connectivity index (χ0v) is 14.4. The maximum Gasteiger partial charge on any atom is 0.489 e. The Hall–Kier alpha value is -3.04. The van der Waals surface area contributed by atoms with Crippen LogP contribution in [0.2, 0.25) is 0 Å². The van der Waals surface area contributed by atoms with Gasteiger partial charge in [0.1, 0.15) is 12.1 Å². The predicted molar refractivity (Wildman–Crippen MR) is 99.8 cm³/mol. The first-order chi connectivity index (χ1) is 13.0. The molecule has 0 spiro atoms. The molecule has 1 fully saturated rings. The van der Waals surface area contributed by atoms with Crippen LogP contribution in [0.3, 0.4) is 0 Å². The highest BCUT2D eigenvalue weighted by atomic mass is 16.4. The smallest absolute Gasteiger partial charge is 0.423 e. The van der Waals surface area contributed by atoms with E-state index in [1.807, 2.05) is 0 Å². The molecule has 1 aliphatic rings. The summed E-state index contributed by atoms with van der Waals surface area (Å²) in [4.78, 5) is 39.4. The molecule has 138 valence electrons. The fraction of sp³-hybridized carbons (Fsp3) is 0.222. The second kappa shape index (κ2) is 8.11. The van der Waals surface area contributed by atoms with E-state index in [9.17, 15) is 24.4 Å². The second-order valence-electron chi connectivity index (χ2n) is 6.34. The second-order valence-corrected chi connectivity index (χ2v) is 6.34. The van der Waals surface area contributed by atoms with Gasteiger partial charge in [-0.05, 0) is 42.6 Å². The minimum atomic E-state index is -1.80. The van der Waals surface area contributed by atoms with Gasteiger partial charge in [-0.3, -0.25) is 14.4 Å². The van der Waals surface area contributed by atoms with Crippen LogP contribution in [-0.4, -0.2) is 40.3 Å². The number of aldehydes is 1. The third kappa shape index (κ3) is 4.39. The summed E-state index contributed by atoms with van der Waals surface area (Å²) in [6.45, 7) is 0. The summed E-state index contributed by atoms with van der Waals surface area (Å²) < 4.78 is 0. The van der Waals surface area contributed by atoms with Gasteiger partial charge in [0.05, 0.1) is 11.9 Å². The first-order valence-corrected chi connectivity index (χ1v) is 8.51. The van der Waals surface area contributed by atoms with Crippen molar-refractivity contribution in [3.8, 4) is 0 Å². The molecule has 3 rings (SSSR count). The molecule has 1 aromatic carbocycles. The van der Waals surface area contributed by atoms with Crippen LogP contribution in [0.5, 0.6) is 0 Å². The fourth-order valence-electron chi connectivity index (χ4n) is 2.70. The van der Waals surface area contributed by atoms with Crippen molar-refractivity contribution in [2.24, 2.45) is 5.92 Å². The lowest BCUT2D eigenvalue weighted by Crippen LogP contribution is -2.33. The number of rotatable bonds is 6. The maximum absolute atomic E-state index is 12.3. The Morgan fingerprint density at radius 2 is 1.93 bits per heavy atom. The average Bonchev–Trinajstić information content (AvgIpc) is 2.61. The summed E-state index contributed by atoms with van der Waals surface area (Å²) in [5, 5.41) is 23.8. The van der Waals surface area contributed by atoms with E-state index in [0.29, 0.717) is 12.0 Å². The van der Waals surface area contributed by atoms with Gasteiger partial charge in [-0.15, -0.1) is 0 Å². The Morgan fingerprint density at radius 3 is 2.48 bits per heavy atom. The van der Waals surface area contributed by atoms with Gasteiger partial charge in [0.2, 0.25) is 5.91 Å². The van der Waals surface area contributed by atoms with Crippen molar-refractivity contribution in [3.05, 3.63) is 47.7 Å². The van der Waals surface area contributed by atoms with Crippen LogP contribution < -0.4 is 16.1 Å². The molecule has 0 saturated heterocycles. The quantitative estimate of drug-likeness (QED) is 0.436. The highest BCUT2D eigenvalue weighted by molar-refractivity contribution is 6.60. The molecule has 27 heavy (non-hydrogen) atoms. The number of carbonyl (C=O) groups is 3.